The van der Waals surface area contributed by atoms with E-state index in [2.05, 4.69) is 9.71 Å². The van der Waals surface area contributed by atoms with Gasteiger partial charge in [-0.15, -0.1) is 0 Å². The second kappa shape index (κ2) is 8.49. The van der Waals surface area contributed by atoms with E-state index in [0.717, 1.165) is 5.69 Å². The molecule has 1 aromatic heterocycles. The lowest BCUT2D eigenvalue weighted by molar-refractivity contribution is 0.0532. The molecule has 0 radical (unpaired) electrons. The summed E-state index contributed by atoms with van der Waals surface area (Å²) in [5.74, 6) is -0.250. The van der Waals surface area contributed by atoms with Crippen molar-refractivity contribution in [1.29, 1.82) is 0 Å². The first kappa shape index (κ1) is 20.0. The van der Waals surface area contributed by atoms with Crippen molar-refractivity contribution in [3.63, 3.8) is 0 Å². The number of aryl methyl sites for hydroxylation is 2. The quantitative estimate of drug-likeness (QED) is 0.760. The van der Waals surface area contributed by atoms with Crippen molar-refractivity contribution in [1.82, 2.24) is 14.8 Å². The first-order valence-electron chi connectivity index (χ1n) is 8.85. The van der Waals surface area contributed by atoms with E-state index < -0.39 is 11.3 Å². The molecule has 1 aromatic carbocycles. The monoisotopic (exact) mass is 402 g/mol. The Bertz CT molecular complexity index is 926. The van der Waals surface area contributed by atoms with Gasteiger partial charge < -0.3 is 9.80 Å². The number of aromatic nitrogens is 1. The number of nitrogens with one attached hydrogen (secondary N) is 1. The van der Waals surface area contributed by atoms with E-state index in [0.29, 0.717) is 48.7 Å². The highest BCUT2D eigenvalue weighted by Crippen LogP contribution is 2.19. The summed E-state index contributed by atoms with van der Waals surface area (Å²) in [7, 11) is 0. The third kappa shape index (κ3) is 4.55. The molecule has 0 bridgehead atoms. The molecule has 2 aromatic rings. The molecule has 2 heterocycles. The van der Waals surface area contributed by atoms with E-state index in [-0.39, 0.29) is 11.8 Å². The van der Waals surface area contributed by atoms with Gasteiger partial charge in [0.1, 0.15) is 5.69 Å². The number of hydrogen-bond acceptors (Lipinski definition) is 4. The van der Waals surface area contributed by atoms with Gasteiger partial charge in [0.05, 0.1) is 5.69 Å². The fourth-order valence-corrected chi connectivity index (χ4v) is 3.54. The van der Waals surface area contributed by atoms with Gasteiger partial charge in [0.25, 0.3) is 23.1 Å². The molecule has 0 spiro atoms. The number of benzene rings is 1. The van der Waals surface area contributed by atoms with Gasteiger partial charge in [-0.3, -0.25) is 18.9 Å². The number of pyridine rings is 1. The third-order valence-corrected chi connectivity index (χ3v) is 5.03. The van der Waals surface area contributed by atoms with Crippen molar-refractivity contribution in [3.05, 3.63) is 58.9 Å². The molecule has 1 saturated heterocycles. The maximum atomic E-state index is 12.8. The average molecular weight is 402 g/mol. The molecule has 8 nitrogen and oxygen atoms in total. The van der Waals surface area contributed by atoms with Crippen LogP contribution in [0.2, 0.25) is 0 Å². The minimum absolute atomic E-state index is 0.124. The molecule has 2 N–H and O–H groups in total. The zero-order valence-corrected chi connectivity index (χ0v) is 16.5. The Kier molecular flexibility index (Phi) is 6.05. The van der Waals surface area contributed by atoms with E-state index in [1.807, 2.05) is 19.1 Å². The van der Waals surface area contributed by atoms with Crippen LogP contribution in [0.15, 0.2) is 36.4 Å². The first-order chi connectivity index (χ1) is 13.3. The van der Waals surface area contributed by atoms with Crippen molar-refractivity contribution in [2.24, 2.45) is 0 Å². The number of nitrogens with zero attached hydrogens (tertiary/aromatic N) is 3. The molecule has 1 aliphatic rings. The predicted molar refractivity (Wildman–Crippen MR) is 106 cm³/mol. The molecule has 3 rings (SSSR count). The second-order valence-corrected chi connectivity index (χ2v) is 7.33. The van der Waals surface area contributed by atoms with Crippen molar-refractivity contribution in [2.75, 3.05) is 30.9 Å². The van der Waals surface area contributed by atoms with E-state index in [1.165, 1.54) is 0 Å². The number of carbonyl (C=O) groups is 2. The molecule has 28 heavy (non-hydrogen) atoms. The summed E-state index contributed by atoms with van der Waals surface area (Å²) in [5.41, 5.74) is 2.91. The lowest BCUT2D eigenvalue weighted by Crippen LogP contribution is -2.50. The normalized spacial score (nSPS) is 15.2. The maximum Gasteiger partial charge on any atom is 0.272 e. The molecule has 0 aliphatic carbocycles. The molecule has 2 amide bonds. The average Bonchev–Trinajstić information content (AvgIpc) is 2.68. The van der Waals surface area contributed by atoms with E-state index >= 15 is 0 Å². The lowest BCUT2D eigenvalue weighted by atomic mass is 10.1. The summed E-state index contributed by atoms with van der Waals surface area (Å²) in [6.45, 7) is 5.38. The number of anilines is 1. The summed E-state index contributed by atoms with van der Waals surface area (Å²) < 4.78 is 22.2. The molecule has 1 aliphatic heterocycles. The Morgan fingerprint density at radius 3 is 2.25 bits per heavy atom. The molecule has 1 fully saturated rings. The standard InChI is InChI=1S/C19H22N4O4S/c1-13-12-15(6-7-16(13)21-28(26)27)18(24)22-8-10-23(11-9-22)19(25)17-5-3-4-14(2)20-17/h3-7,12,21H,8-11H2,1-2H3,(H,26,27). The van der Waals surface area contributed by atoms with E-state index in [9.17, 15) is 13.8 Å². The van der Waals surface area contributed by atoms with Gasteiger partial charge in [-0.05, 0) is 49.7 Å². The molecule has 9 heteroatoms. The summed E-state index contributed by atoms with van der Waals surface area (Å²) >= 11 is -2.16. The molecular formula is C19H22N4O4S. The van der Waals surface area contributed by atoms with Gasteiger partial charge >= 0.3 is 0 Å². The zero-order valence-electron chi connectivity index (χ0n) is 15.7. The van der Waals surface area contributed by atoms with Crippen molar-refractivity contribution >= 4 is 28.8 Å². The van der Waals surface area contributed by atoms with Crippen LogP contribution in [0.25, 0.3) is 0 Å². The highest BCUT2D eigenvalue weighted by atomic mass is 32.2. The Balaban J connectivity index is 1.63. The minimum atomic E-state index is -2.16. The molecule has 1 unspecified atom stereocenters. The summed E-state index contributed by atoms with van der Waals surface area (Å²) in [4.78, 5) is 33.0. The van der Waals surface area contributed by atoms with Gasteiger partial charge in [0, 0.05) is 37.4 Å². The van der Waals surface area contributed by atoms with Gasteiger partial charge in [0.2, 0.25) is 0 Å². The maximum absolute atomic E-state index is 12.8. The van der Waals surface area contributed by atoms with Crippen LogP contribution in [0.5, 0.6) is 0 Å². The van der Waals surface area contributed by atoms with Crippen molar-refractivity contribution in [3.8, 4) is 0 Å². The lowest BCUT2D eigenvalue weighted by Gasteiger charge is -2.34. The predicted octanol–water partition coefficient (Wildman–Crippen LogP) is 1.85. The number of piperazine rings is 1. The number of rotatable bonds is 4. The Hall–Kier alpha value is -2.78. The Morgan fingerprint density at radius 2 is 1.68 bits per heavy atom. The fraction of sp³-hybridized carbons (Fsp3) is 0.316. The third-order valence-electron chi connectivity index (χ3n) is 4.63. The minimum Gasteiger partial charge on any atom is -0.335 e. The first-order valence-corrected chi connectivity index (χ1v) is 9.96. The zero-order chi connectivity index (χ0) is 20.3. The van der Waals surface area contributed by atoms with Gasteiger partial charge in [-0.25, -0.2) is 9.19 Å². The number of hydrogen-bond donors (Lipinski definition) is 2. The van der Waals surface area contributed by atoms with Gasteiger partial charge in [-0.1, -0.05) is 6.07 Å². The van der Waals surface area contributed by atoms with Crippen LogP contribution in [-0.4, -0.2) is 61.5 Å². The molecule has 0 saturated carbocycles. The summed E-state index contributed by atoms with van der Waals surface area (Å²) in [6.07, 6.45) is 0. The topological polar surface area (TPSA) is 103 Å². The fourth-order valence-electron chi connectivity index (χ4n) is 3.12. The van der Waals surface area contributed by atoms with Crippen molar-refractivity contribution in [2.45, 2.75) is 13.8 Å². The van der Waals surface area contributed by atoms with Crippen LogP contribution in [0, 0.1) is 13.8 Å². The second-order valence-electron chi connectivity index (χ2n) is 6.63. The smallest absolute Gasteiger partial charge is 0.272 e. The van der Waals surface area contributed by atoms with Crippen LogP contribution in [0.1, 0.15) is 32.1 Å². The summed E-state index contributed by atoms with van der Waals surface area (Å²) in [5, 5.41) is 0. The van der Waals surface area contributed by atoms with Crippen LogP contribution in [-0.2, 0) is 11.3 Å². The largest absolute Gasteiger partial charge is 0.335 e. The highest BCUT2D eigenvalue weighted by Gasteiger charge is 2.26. The summed E-state index contributed by atoms with van der Waals surface area (Å²) in [6, 6.07) is 10.3. The van der Waals surface area contributed by atoms with E-state index in [1.54, 1.807) is 41.0 Å². The van der Waals surface area contributed by atoms with Gasteiger partial charge in [-0.2, -0.15) is 0 Å². The van der Waals surface area contributed by atoms with Crippen LogP contribution < -0.4 is 4.72 Å². The number of amides is 2. The highest BCUT2D eigenvalue weighted by molar-refractivity contribution is 7.80. The van der Waals surface area contributed by atoms with Crippen molar-refractivity contribution < 1.29 is 18.4 Å². The van der Waals surface area contributed by atoms with Gasteiger partial charge in [0.15, 0.2) is 0 Å². The SMILES string of the molecule is Cc1cccc(C(=O)N2CCN(C(=O)c3ccc(NS(=O)O)c(C)c3)CC2)n1. The van der Waals surface area contributed by atoms with Crippen LogP contribution in [0.4, 0.5) is 5.69 Å². The van der Waals surface area contributed by atoms with Crippen LogP contribution >= 0.6 is 0 Å². The molecular weight excluding hydrogens is 380 g/mol. The molecule has 1 atom stereocenters. The van der Waals surface area contributed by atoms with E-state index in [4.69, 9.17) is 4.55 Å². The number of carbonyl (C=O) groups excluding carboxylic acids is 2. The Morgan fingerprint density at radius 1 is 1.04 bits per heavy atom. The molecule has 148 valence electrons. The Labute approximate surface area is 166 Å². The van der Waals surface area contributed by atoms with Crippen LogP contribution in [0.3, 0.4) is 0 Å².